The summed E-state index contributed by atoms with van der Waals surface area (Å²) >= 11 is 0. The third-order valence-electron chi connectivity index (χ3n) is 15.8. The Bertz CT molecular complexity index is 1180. The second kappa shape index (κ2) is 18.9. The fourth-order valence-corrected chi connectivity index (χ4v) is 12.6. The van der Waals surface area contributed by atoms with Crippen molar-refractivity contribution in [2.24, 2.45) is 69.6 Å². The highest BCUT2D eigenvalue weighted by atomic mass is 35.5. The molecule has 6 rings (SSSR count). The van der Waals surface area contributed by atoms with Gasteiger partial charge in [-0.15, -0.1) is 24.8 Å². The third-order valence-corrected chi connectivity index (χ3v) is 15.8. The normalized spacial score (nSPS) is 38.2. The zero-order chi connectivity index (χ0) is 35.6. The maximum Gasteiger partial charge on any atom is 0.306 e. The first kappa shape index (κ1) is 43.9. The van der Waals surface area contributed by atoms with Gasteiger partial charge in [-0.25, -0.2) is 0 Å². The van der Waals surface area contributed by atoms with E-state index in [1.165, 1.54) is 51.4 Å². The van der Waals surface area contributed by atoms with Gasteiger partial charge in [0.2, 0.25) is 5.91 Å². The average molecular weight is 767 g/mol. The summed E-state index contributed by atoms with van der Waals surface area (Å²) in [6.45, 7) is 14.2. The Kier molecular flexibility index (Phi) is 15.9. The van der Waals surface area contributed by atoms with E-state index in [0.29, 0.717) is 48.6 Å². The molecule has 1 amide bonds. The van der Waals surface area contributed by atoms with Crippen molar-refractivity contribution in [3.63, 3.8) is 0 Å². The van der Waals surface area contributed by atoms with Crippen molar-refractivity contribution in [3.8, 4) is 0 Å². The molecule has 300 valence electrons. The van der Waals surface area contributed by atoms with E-state index >= 15 is 0 Å². The molecule has 4 N–H and O–H groups in total. The number of hydrogen-bond donors (Lipinski definition) is 2. The number of esters is 1. The van der Waals surface area contributed by atoms with Crippen LogP contribution in [0.1, 0.15) is 163 Å². The Labute approximate surface area is 330 Å². The van der Waals surface area contributed by atoms with Crippen LogP contribution >= 0.6 is 24.8 Å². The minimum Gasteiger partial charge on any atom is -0.462 e. The summed E-state index contributed by atoms with van der Waals surface area (Å²) in [6, 6.07) is 0.690. The molecule has 8 atom stereocenters. The molecular formula is C44H77Cl2N3O3. The number of carbonyl (C=O) groups is 2. The molecule has 6 nitrogen and oxygen atoms in total. The lowest BCUT2D eigenvalue weighted by molar-refractivity contribution is -0.151. The van der Waals surface area contributed by atoms with Crippen LogP contribution in [0.15, 0.2) is 11.6 Å². The fourth-order valence-electron chi connectivity index (χ4n) is 12.6. The molecule has 0 radical (unpaired) electrons. The quantitative estimate of drug-likeness (QED) is 0.120. The minimum absolute atomic E-state index is 0. The molecule has 5 fully saturated rings. The van der Waals surface area contributed by atoms with Crippen molar-refractivity contribution in [2.45, 2.75) is 181 Å². The predicted octanol–water partition coefficient (Wildman–Crippen LogP) is 10.0. The molecule has 0 aliphatic heterocycles. The van der Waals surface area contributed by atoms with Crippen LogP contribution in [0, 0.1) is 58.2 Å². The van der Waals surface area contributed by atoms with Gasteiger partial charge in [-0.1, -0.05) is 65.5 Å². The number of nitrogens with zero attached hydrogens (tertiary/aromatic N) is 1. The molecule has 0 aromatic rings. The Balaban J connectivity index is 0.00000302. The second-order valence-corrected chi connectivity index (χ2v) is 19.7. The van der Waals surface area contributed by atoms with Gasteiger partial charge in [-0.3, -0.25) is 9.59 Å². The predicted molar refractivity (Wildman–Crippen MR) is 218 cm³/mol. The maximum atomic E-state index is 13.3. The smallest absolute Gasteiger partial charge is 0.306 e. The van der Waals surface area contributed by atoms with Crippen LogP contribution in [0.4, 0.5) is 0 Å². The standard InChI is InChI=1S/C44H75N3O3.2ClH/c1-29(2)8-6-9-30(3)38-14-15-39-37-13-12-33-28-36(16-20-43(33,4)40(37)17-21-44(38,39)5)50-42(49)11-7-10-41(48)47(22-18-31-24-34(45)25-31)23-19-32-26-35(46)27-32;;/h12,29-32,34-40H,6-11,13-28,45-46H2,1-5H3;2*1H/t30?,31?,32?,34?,35?,36-,37-,38+,39-,40-,43-,44+;;/m0../s1. The Morgan fingerprint density at radius 3 is 2.12 bits per heavy atom. The van der Waals surface area contributed by atoms with Crippen LogP contribution in [0.2, 0.25) is 0 Å². The number of carbonyl (C=O) groups excluding carboxylic acids is 2. The molecule has 0 bridgehead atoms. The molecular weight excluding hydrogens is 689 g/mol. The highest BCUT2D eigenvalue weighted by molar-refractivity contribution is 5.85. The topological polar surface area (TPSA) is 98.7 Å². The van der Waals surface area contributed by atoms with E-state index < -0.39 is 0 Å². The highest BCUT2D eigenvalue weighted by Gasteiger charge is 2.59. The summed E-state index contributed by atoms with van der Waals surface area (Å²) in [4.78, 5) is 28.4. The second-order valence-electron chi connectivity index (χ2n) is 19.7. The third kappa shape index (κ3) is 9.94. The van der Waals surface area contributed by atoms with Gasteiger partial charge in [0, 0.05) is 44.4 Å². The van der Waals surface area contributed by atoms with Crippen molar-refractivity contribution >= 4 is 36.7 Å². The molecule has 0 heterocycles. The minimum atomic E-state index is -0.118. The lowest BCUT2D eigenvalue weighted by Crippen LogP contribution is -2.51. The SMILES string of the molecule is CC(C)CCCC(C)[C@H]1CC[C@H]2[C@@H]3CC=C4C[C@@H](OC(=O)CCCC(=O)N(CCC5CC(N)C5)CCC5CC(N)C5)CC[C@]4(C)[C@H]3CC[C@]12C.Cl.Cl. The molecule has 5 saturated carbocycles. The van der Waals surface area contributed by atoms with Gasteiger partial charge in [0.05, 0.1) is 0 Å². The van der Waals surface area contributed by atoms with Gasteiger partial charge in [-0.05, 0) is 148 Å². The summed E-state index contributed by atoms with van der Waals surface area (Å²) in [5.74, 6) is 6.42. The van der Waals surface area contributed by atoms with E-state index in [9.17, 15) is 9.59 Å². The molecule has 6 aliphatic rings. The van der Waals surface area contributed by atoms with Gasteiger partial charge in [0.1, 0.15) is 6.10 Å². The first-order valence-corrected chi connectivity index (χ1v) is 21.5. The van der Waals surface area contributed by atoms with Crippen LogP contribution in [-0.2, 0) is 14.3 Å². The van der Waals surface area contributed by atoms with Gasteiger partial charge < -0.3 is 21.1 Å². The monoisotopic (exact) mass is 766 g/mol. The molecule has 8 heteroatoms. The molecule has 0 aromatic carbocycles. The molecule has 0 saturated heterocycles. The first-order valence-electron chi connectivity index (χ1n) is 21.5. The van der Waals surface area contributed by atoms with Crippen molar-refractivity contribution in [2.75, 3.05) is 13.1 Å². The van der Waals surface area contributed by atoms with Crippen molar-refractivity contribution in [1.29, 1.82) is 0 Å². The van der Waals surface area contributed by atoms with Crippen LogP contribution < -0.4 is 11.5 Å². The molecule has 1 unspecified atom stereocenters. The van der Waals surface area contributed by atoms with Crippen molar-refractivity contribution < 1.29 is 14.3 Å². The largest absolute Gasteiger partial charge is 0.462 e. The number of rotatable bonds is 16. The van der Waals surface area contributed by atoms with E-state index in [1.807, 2.05) is 0 Å². The number of nitrogens with two attached hydrogens (primary N) is 2. The molecule has 6 aliphatic carbocycles. The summed E-state index contributed by atoms with van der Waals surface area (Å²) in [5, 5.41) is 0. The number of halogens is 2. The van der Waals surface area contributed by atoms with Gasteiger partial charge in [0.15, 0.2) is 0 Å². The van der Waals surface area contributed by atoms with E-state index in [0.717, 1.165) is 106 Å². The Morgan fingerprint density at radius 2 is 1.50 bits per heavy atom. The molecule has 52 heavy (non-hydrogen) atoms. The van der Waals surface area contributed by atoms with Crippen LogP contribution in [-0.4, -0.2) is 48.1 Å². The first-order chi connectivity index (χ1) is 23.9. The van der Waals surface area contributed by atoms with Gasteiger partial charge in [-0.2, -0.15) is 0 Å². The summed E-state index contributed by atoms with van der Waals surface area (Å²) in [7, 11) is 0. The van der Waals surface area contributed by atoms with Crippen LogP contribution in [0.5, 0.6) is 0 Å². The van der Waals surface area contributed by atoms with E-state index in [1.54, 1.807) is 5.57 Å². The lowest BCUT2D eigenvalue weighted by atomic mass is 9.47. The zero-order valence-electron chi connectivity index (χ0n) is 33.6. The van der Waals surface area contributed by atoms with E-state index in [2.05, 4.69) is 45.6 Å². The number of ether oxygens (including phenoxy) is 1. The van der Waals surface area contributed by atoms with E-state index in [-0.39, 0.29) is 48.2 Å². The Hall–Kier alpha value is -0.820. The van der Waals surface area contributed by atoms with Crippen molar-refractivity contribution in [3.05, 3.63) is 11.6 Å². The average Bonchev–Trinajstić information content (AvgIpc) is 3.40. The van der Waals surface area contributed by atoms with Crippen LogP contribution in [0.3, 0.4) is 0 Å². The zero-order valence-corrected chi connectivity index (χ0v) is 35.3. The number of fused-ring (bicyclic) bond motifs is 5. The fraction of sp³-hybridized carbons (Fsp3) is 0.909. The van der Waals surface area contributed by atoms with Crippen LogP contribution in [0.25, 0.3) is 0 Å². The summed E-state index contributed by atoms with van der Waals surface area (Å²) in [6.07, 6.45) is 24.4. The summed E-state index contributed by atoms with van der Waals surface area (Å²) < 4.78 is 6.13. The molecule has 0 aromatic heterocycles. The highest BCUT2D eigenvalue weighted by Crippen LogP contribution is 2.67. The number of allylic oxidation sites excluding steroid dienone is 1. The summed E-state index contributed by atoms with van der Waals surface area (Å²) in [5.41, 5.74) is 14.4. The maximum absolute atomic E-state index is 13.3. The van der Waals surface area contributed by atoms with Gasteiger partial charge in [0.25, 0.3) is 0 Å². The van der Waals surface area contributed by atoms with Gasteiger partial charge >= 0.3 is 5.97 Å². The number of hydrogen-bond acceptors (Lipinski definition) is 5. The van der Waals surface area contributed by atoms with Crippen molar-refractivity contribution in [1.82, 2.24) is 4.90 Å². The molecule has 0 spiro atoms. The number of amides is 1. The Morgan fingerprint density at radius 1 is 0.846 bits per heavy atom. The van der Waals surface area contributed by atoms with E-state index in [4.69, 9.17) is 16.2 Å². The lowest BCUT2D eigenvalue weighted by Gasteiger charge is -2.58.